The number of carbonyl (C=O) groups is 3. The molecular formula is C21H28FN3O4. The summed E-state index contributed by atoms with van der Waals surface area (Å²) < 4.78 is 13.9. The van der Waals surface area contributed by atoms with Crippen LogP contribution in [0.2, 0.25) is 0 Å². The Morgan fingerprint density at radius 1 is 1.28 bits per heavy atom. The first-order valence-corrected chi connectivity index (χ1v) is 10.2. The van der Waals surface area contributed by atoms with E-state index in [0.29, 0.717) is 35.9 Å². The molecule has 1 aliphatic carbocycles. The van der Waals surface area contributed by atoms with E-state index in [-0.39, 0.29) is 31.1 Å². The summed E-state index contributed by atoms with van der Waals surface area (Å²) in [7, 11) is 0. The molecule has 2 atom stereocenters. The van der Waals surface area contributed by atoms with Crippen LogP contribution in [0.4, 0.5) is 4.39 Å². The molecule has 29 heavy (non-hydrogen) atoms. The molecule has 1 saturated heterocycles. The average Bonchev–Trinajstić information content (AvgIpc) is 3.40. The van der Waals surface area contributed by atoms with Gasteiger partial charge in [-0.2, -0.15) is 0 Å². The predicted octanol–water partition coefficient (Wildman–Crippen LogP) is 2.09. The molecule has 1 aromatic carbocycles. The lowest BCUT2D eigenvalue weighted by atomic mass is 9.91. The van der Waals surface area contributed by atoms with E-state index in [1.54, 1.807) is 18.2 Å². The Bertz CT molecular complexity index is 738. The second-order valence-electron chi connectivity index (χ2n) is 7.97. The van der Waals surface area contributed by atoms with Crippen LogP contribution < -0.4 is 5.43 Å². The van der Waals surface area contributed by atoms with Crippen molar-refractivity contribution in [1.82, 2.24) is 15.5 Å². The van der Waals surface area contributed by atoms with E-state index in [9.17, 15) is 24.0 Å². The maximum atomic E-state index is 13.9. The van der Waals surface area contributed by atoms with Gasteiger partial charge in [-0.05, 0) is 30.4 Å². The monoisotopic (exact) mass is 405 g/mol. The SMILES string of the molecule is O=CN(O)C[C@@H](CC1CCCC1)C(=O)N1NCC[C@H]1C(=O)Cc1ccccc1F. The highest BCUT2D eigenvalue weighted by Crippen LogP contribution is 2.31. The lowest BCUT2D eigenvalue weighted by Crippen LogP contribution is -2.51. The van der Waals surface area contributed by atoms with Crippen molar-refractivity contribution in [3.8, 4) is 0 Å². The van der Waals surface area contributed by atoms with Gasteiger partial charge in [-0.15, -0.1) is 0 Å². The molecule has 0 spiro atoms. The van der Waals surface area contributed by atoms with Crippen molar-refractivity contribution in [3.63, 3.8) is 0 Å². The third-order valence-electron chi connectivity index (χ3n) is 5.91. The van der Waals surface area contributed by atoms with Gasteiger partial charge in [0.25, 0.3) is 0 Å². The van der Waals surface area contributed by atoms with Crippen molar-refractivity contribution in [2.24, 2.45) is 11.8 Å². The van der Waals surface area contributed by atoms with E-state index < -0.39 is 17.8 Å². The lowest BCUT2D eigenvalue weighted by Gasteiger charge is -2.30. The first kappa shape index (κ1) is 21.4. The Balaban J connectivity index is 1.70. The number of carbonyl (C=O) groups excluding carboxylic acids is 3. The largest absolute Gasteiger partial charge is 0.297 e. The zero-order valence-electron chi connectivity index (χ0n) is 16.4. The highest BCUT2D eigenvalue weighted by molar-refractivity contribution is 5.91. The molecule has 1 aromatic rings. The van der Waals surface area contributed by atoms with Crippen molar-refractivity contribution in [3.05, 3.63) is 35.6 Å². The maximum Gasteiger partial charge on any atom is 0.242 e. The summed E-state index contributed by atoms with van der Waals surface area (Å²) >= 11 is 0. The van der Waals surface area contributed by atoms with Crippen molar-refractivity contribution in [1.29, 1.82) is 0 Å². The topological polar surface area (TPSA) is 90.0 Å². The number of hydrogen-bond acceptors (Lipinski definition) is 5. The first-order valence-electron chi connectivity index (χ1n) is 10.2. The number of rotatable bonds is 9. The Hall–Kier alpha value is -2.32. The number of nitrogens with zero attached hydrogens (tertiary/aromatic N) is 2. The molecule has 2 aliphatic rings. The Kier molecular flexibility index (Phi) is 7.33. The van der Waals surface area contributed by atoms with Crippen LogP contribution in [0, 0.1) is 17.7 Å². The summed E-state index contributed by atoms with van der Waals surface area (Å²) in [6, 6.07) is 5.44. The fourth-order valence-corrected chi connectivity index (χ4v) is 4.41. The first-order chi connectivity index (χ1) is 14.0. The smallest absolute Gasteiger partial charge is 0.242 e. The number of hydrazine groups is 1. The fraction of sp³-hybridized carbons (Fsp3) is 0.571. The van der Waals surface area contributed by atoms with Gasteiger partial charge in [-0.1, -0.05) is 43.9 Å². The summed E-state index contributed by atoms with van der Waals surface area (Å²) in [5.74, 6) is -1.20. The summed E-state index contributed by atoms with van der Waals surface area (Å²) in [5.41, 5.74) is 3.27. The highest BCUT2D eigenvalue weighted by Gasteiger charge is 2.38. The number of halogens is 1. The van der Waals surface area contributed by atoms with Crippen LogP contribution in [0.5, 0.6) is 0 Å². The highest BCUT2D eigenvalue weighted by atomic mass is 19.1. The number of benzene rings is 1. The van der Waals surface area contributed by atoms with Crippen LogP contribution >= 0.6 is 0 Å². The van der Waals surface area contributed by atoms with Crippen molar-refractivity contribution in [2.75, 3.05) is 13.1 Å². The van der Waals surface area contributed by atoms with Crippen molar-refractivity contribution < 1.29 is 24.0 Å². The van der Waals surface area contributed by atoms with Crippen molar-refractivity contribution in [2.45, 2.75) is 51.0 Å². The van der Waals surface area contributed by atoms with E-state index in [0.717, 1.165) is 25.7 Å². The van der Waals surface area contributed by atoms with Gasteiger partial charge < -0.3 is 0 Å². The van der Waals surface area contributed by atoms with Gasteiger partial charge in [-0.25, -0.2) is 14.9 Å². The van der Waals surface area contributed by atoms with Gasteiger partial charge in [0.1, 0.15) is 11.9 Å². The normalized spacial score (nSPS) is 20.6. The molecule has 0 bridgehead atoms. The molecule has 3 rings (SSSR count). The number of hydrogen-bond donors (Lipinski definition) is 2. The zero-order chi connectivity index (χ0) is 20.8. The van der Waals surface area contributed by atoms with Gasteiger partial charge >= 0.3 is 0 Å². The lowest BCUT2D eigenvalue weighted by molar-refractivity contribution is -0.159. The van der Waals surface area contributed by atoms with E-state index in [4.69, 9.17) is 0 Å². The van der Waals surface area contributed by atoms with E-state index in [1.807, 2.05) is 0 Å². The molecule has 1 saturated carbocycles. The van der Waals surface area contributed by atoms with Crippen LogP contribution in [0.3, 0.4) is 0 Å². The molecule has 7 nitrogen and oxygen atoms in total. The standard InChI is InChI=1S/C21H28FN3O4/c22-18-8-4-3-7-16(18)12-20(27)19-9-10-23-25(19)21(28)17(13-24(29)14-26)11-15-5-1-2-6-15/h3-4,7-8,14-15,17,19,23,29H,1-2,5-6,9-13H2/t17-,19+/m1/s1. The number of ketones is 1. The third kappa shape index (κ3) is 5.39. The van der Waals surface area contributed by atoms with E-state index in [1.165, 1.54) is 11.1 Å². The molecule has 0 unspecified atom stereocenters. The molecule has 1 heterocycles. The minimum atomic E-state index is -0.684. The van der Waals surface area contributed by atoms with E-state index in [2.05, 4.69) is 5.43 Å². The second-order valence-corrected chi connectivity index (χ2v) is 7.97. The van der Waals surface area contributed by atoms with Gasteiger partial charge in [0.05, 0.1) is 12.5 Å². The summed E-state index contributed by atoms with van der Waals surface area (Å²) in [6.07, 6.45) is 5.51. The molecule has 158 valence electrons. The second kappa shape index (κ2) is 9.93. The summed E-state index contributed by atoms with van der Waals surface area (Å²) in [5, 5.41) is 11.5. The molecule has 2 amide bonds. The van der Waals surface area contributed by atoms with Gasteiger partial charge in [0.2, 0.25) is 12.3 Å². The Labute approximate surface area is 169 Å². The van der Waals surface area contributed by atoms with Crippen LogP contribution in [-0.2, 0) is 20.8 Å². The van der Waals surface area contributed by atoms with Crippen molar-refractivity contribution >= 4 is 18.1 Å². The van der Waals surface area contributed by atoms with Crippen LogP contribution in [0.1, 0.15) is 44.1 Å². The van der Waals surface area contributed by atoms with Gasteiger partial charge in [-0.3, -0.25) is 24.6 Å². The molecule has 0 radical (unpaired) electrons. The number of nitrogens with one attached hydrogen (secondary N) is 1. The predicted molar refractivity (Wildman–Crippen MR) is 103 cm³/mol. The minimum Gasteiger partial charge on any atom is -0.297 e. The summed E-state index contributed by atoms with van der Waals surface area (Å²) in [6.45, 7) is 0.358. The van der Waals surface area contributed by atoms with Gasteiger partial charge in [0, 0.05) is 13.0 Å². The van der Waals surface area contributed by atoms with E-state index >= 15 is 0 Å². The fourth-order valence-electron chi connectivity index (χ4n) is 4.41. The molecule has 1 aliphatic heterocycles. The molecular weight excluding hydrogens is 377 g/mol. The van der Waals surface area contributed by atoms with Crippen LogP contribution in [0.25, 0.3) is 0 Å². The molecule has 2 fully saturated rings. The third-order valence-corrected chi connectivity index (χ3v) is 5.91. The number of hydroxylamine groups is 2. The minimum absolute atomic E-state index is 0.0868. The maximum absolute atomic E-state index is 13.9. The number of amides is 2. The Morgan fingerprint density at radius 2 is 2.00 bits per heavy atom. The molecule has 2 N–H and O–H groups in total. The Morgan fingerprint density at radius 3 is 2.69 bits per heavy atom. The number of Topliss-reactive ketones (excluding diaryl/α,β-unsaturated/α-hetero) is 1. The molecule has 0 aromatic heterocycles. The zero-order valence-corrected chi connectivity index (χ0v) is 16.4. The van der Waals surface area contributed by atoms with Crippen LogP contribution in [-0.4, -0.2) is 52.5 Å². The summed E-state index contributed by atoms with van der Waals surface area (Å²) in [4.78, 5) is 36.9. The van der Waals surface area contributed by atoms with Crippen LogP contribution in [0.15, 0.2) is 24.3 Å². The quantitative estimate of drug-likeness (QED) is 0.373. The molecule has 8 heteroatoms. The average molecular weight is 405 g/mol. The van der Waals surface area contributed by atoms with Gasteiger partial charge in [0.15, 0.2) is 5.78 Å².